The van der Waals surface area contributed by atoms with E-state index in [1.165, 1.54) is 16.1 Å². The Hall–Kier alpha value is -3.24. The number of nitrogens with zero attached hydrogens (tertiary/aromatic N) is 6. The number of nitrogens with one attached hydrogen (secondary N) is 2. The second-order valence-electron chi connectivity index (χ2n) is 11.6. The number of aromatic amines is 1. The van der Waals surface area contributed by atoms with Gasteiger partial charge in [0.1, 0.15) is 17.0 Å². The Morgan fingerprint density at radius 1 is 1.18 bits per heavy atom. The Morgan fingerprint density at radius 2 is 2.00 bits per heavy atom. The average molecular weight is 561 g/mol. The van der Waals surface area contributed by atoms with Crippen LogP contribution < -0.4 is 10.2 Å². The maximum Gasteiger partial charge on any atom is 0.225 e. The third-order valence-corrected chi connectivity index (χ3v) is 9.93. The molecule has 40 heavy (non-hydrogen) atoms. The zero-order valence-corrected chi connectivity index (χ0v) is 24.9. The molecule has 0 spiro atoms. The molecule has 4 heterocycles. The molecule has 1 fully saturated rings. The highest BCUT2D eigenvalue weighted by atomic mass is 32.1. The van der Waals surface area contributed by atoms with Gasteiger partial charge in [0.25, 0.3) is 0 Å². The predicted molar refractivity (Wildman–Crippen MR) is 164 cm³/mol. The van der Waals surface area contributed by atoms with Crippen LogP contribution in [0.4, 0.5) is 17.2 Å². The maximum absolute atomic E-state index is 13.1. The maximum atomic E-state index is 13.1. The van der Waals surface area contributed by atoms with Gasteiger partial charge in [0.15, 0.2) is 0 Å². The summed E-state index contributed by atoms with van der Waals surface area (Å²) in [6.45, 7) is 5.01. The van der Waals surface area contributed by atoms with Crippen LogP contribution in [0.1, 0.15) is 49.5 Å². The van der Waals surface area contributed by atoms with Gasteiger partial charge in [-0.25, -0.2) is 9.97 Å². The third-order valence-electron chi connectivity index (χ3n) is 8.76. The topological polar surface area (TPSA) is 93.3 Å². The Kier molecular flexibility index (Phi) is 7.63. The van der Waals surface area contributed by atoms with E-state index in [0.29, 0.717) is 6.04 Å². The van der Waals surface area contributed by atoms with Crippen molar-refractivity contribution in [1.29, 1.82) is 0 Å². The lowest BCUT2D eigenvalue weighted by molar-refractivity contribution is -0.134. The van der Waals surface area contributed by atoms with Gasteiger partial charge < -0.3 is 20.0 Å². The van der Waals surface area contributed by atoms with Crippen molar-refractivity contribution >= 4 is 55.6 Å². The fourth-order valence-electron chi connectivity index (χ4n) is 6.33. The highest BCUT2D eigenvalue weighted by molar-refractivity contribution is 7.19. The molecule has 1 aliphatic carbocycles. The number of amides is 1. The van der Waals surface area contributed by atoms with Crippen LogP contribution in [-0.4, -0.2) is 82.7 Å². The number of piperidine rings is 1. The number of unbranched alkanes of at least 4 members (excludes halogenated alkanes) is 1. The van der Waals surface area contributed by atoms with Crippen LogP contribution in [0, 0.1) is 5.92 Å². The van der Waals surface area contributed by atoms with Crippen molar-refractivity contribution < 1.29 is 4.79 Å². The van der Waals surface area contributed by atoms with Crippen LogP contribution in [-0.2, 0) is 17.6 Å². The number of aryl methyl sites for hydroxylation is 1. The average Bonchev–Trinajstić information content (AvgIpc) is 3.59. The van der Waals surface area contributed by atoms with E-state index in [1.807, 2.05) is 18.1 Å². The normalized spacial score (nSPS) is 18.0. The van der Waals surface area contributed by atoms with Gasteiger partial charge in [-0.2, -0.15) is 5.10 Å². The quantitative estimate of drug-likeness (QED) is 0.306. The highest BCUT2D eigenvalue weighted by Gasteiger charge is 2.31. The fraction of sp³-hybridized carbons (Fsp3) is 0.533. The first kappa shape index (κ1) is 27.0. The largest absolute Gasteiger partial charge is 0.370 e. The summed E-state index contributed by atoms with van der Waals surface area (Å²) < 4.78 is 0. The van der Waals surface area contributed by atoms with Crippen molar-refractivity contribution in [1.82, 2.24) is 30.0 Å². The smallest absolute Gasteiger partial charge is 0.225 e. The first-order valence-electron chi connectivity index (χ1n) is 14.6. The van der Waals surface area contributed by atoms with Gasteiger partial charge in [0.05, 0.1) is 28.5 Å². The van der Waals surface area contributed by atoms with Crippen molar-refractivity contribution in [2.75, 3.05) is 51.0 Å². The lowest BCUT2D eigenvalue weighted by Gasteiger charge is -2.37. The number of hydrogen-bond acceptors (Lipinski definition) is 8. The van der Waals surface area contributed by atoms with Gasteiger partial charge in [-0.3, -0.25) is 9.89 Å². The van der Waals surface area contributed by atoms with E-state index < -0.39 is 0 Å². The van der Waals surface area contributed by atoms with E-state index in [9.17, 15) is 4.79 Å². The summed E-state index contributed by atoms with van der Waals surface area (Å²) >= 11 is 1.72. The van der Waals surface area contributed by atoms with Gasteiger partial charge >= 0.3 is 0 Å². The first-order chi connectivity index (χ1) is 19.4. The molecule has 2 aliphatic rings. The molecule has 212 valence electrons. The minimum absolute atomic E-state index is 0.0481. The number of fused-ring (bicyclic) bond motifs is 4. The monoisotopic (exact) mass is 560 g/mol. The molecule has 9 nitrogen and oxygen atoms in total. The minimum atomic E-state index is 0.0481. The standard InChI is InChI=1S/C30H40N8OS/c1-5-6-11-37(4)30(39)19-7-8-22-26(15-19)40-29-27(22)28(31-18-32-29)34-24-14-20-17-33-35-23(20)16-25(24)38-12-9-21(10-13-38)36(2)3/h14,16-19,21H,5-13,15H2,1-4H3,(H,33,35)(H,31,32,34). The molecule has 0 bridgehead atoms. The number of aromatic nitrogens is 4. The van der Waals surface area contributed by atoms with E-state index >= 15 is 0 Å². The van der Waals surface area contributed by atoms with E-state index in [2.05, 4.69) is 63.4 Å². The predicted octanol–water partition coefficient (Wildman–Crippen LogP) is 5.21. The van der Waals surface area contributed by atoms with Crippen molar-refractivity contribution in [3.63, 3.8) is 0 Å². The van der Waals surface area contributed by atoms with Crippen LogP contribution in [0.3, 0.4) is 0 Å². The van der Waals surface area contributed by atoms with Crippen LogP contribution >= 0.6 is 11.3 Å². The molecule has 1 atom stereocenters. The van der Waals surface area contributed by atoms with Gasteiger partial charge in [-0.1, -0.05) is 13.3 Å². The van der Waals surface area contributed by atoms with Gasteiger partial charge in [0.2, 0.25) is 5.91 Å². The Balaban J connectivity index is 1.30. The molecule has 4 aromatic rings. The van der Waals surface area contributed by atoms with Crippen LogP contribution in [0.5, 0.6) is 0 Å². The number of benzene rings is 1. The number of hydrogen-bond donors (Lipinski definition) is 2. The molecule has 0 radical (unpaired) electrons. The molecule has 3 aromatic heterocycles. The number of thiophene rings is 1. The second-order valence-corrected chi connectivity index (χ2v) is 12.7. The number of carbonyl (C=O) groups is 1. The van der Waals surface area contributed by atoms with Crippen LogP contribution in [0.25, 0.3) is 21.1 Å². The molecule has 2 N–H and O–H groups in total. The van der Waals surface area contributed by atoms with Crippen molar-refractivity contribution in [2.45, 2.75) is 57.9 Å². The summed E-state index contributed by atoms with van der Waals surface area (Å²) in [7, 11) is 6.30. The van der Waals surface area contributed by atoms with Gasteiger partial charge in [0, 0.05) is 48.9 Å². The van der Waals surface area contributed by atoms with E-state index in [0.717, 1.165) is 97.2 Å². The van der Waals surface area contributed by atoms with Crippen molar-refractivity contribution in [3.8, 4) is 0 Å². The molecule has 1 aliphatic heterocycles. The SMILES string of the molecule is CCCCN(C)C(=O)C1CCc2c(sc3ncnc(Nc4cc5cn[nH]c5cc4N4CCC(N(C)C)CC4)c23)C1. The number of rotatable bonds is 8. The molecule has 1 saturated heterocycles. The van der Waals surface area contributed by atoms with E-state index in [1.54, 1.807) is 17.7 Å². The summed E-state index contributed by atoms with van der Waals surface area (Å²) in [5.41, 5.74) is 4.56. The lowest BCUT2D eigenvalue weighted by atomic mass is 9.87. The first-order valence-corrected chi connectivity index (χ1v) is 15.4. The minimum Gasteiger partial charge on any atom is -0.370 e. The number of H-pyrrole nitrogens is 1. The van der Waals surface area contributed by atoms with E-state index in [-0.39, 0.29) is 11.8 Å². The van der Waals surface area contributed by atoms with Gasteiger partial charge in [-0.05, 0) is 70.3 Å². The van der Waals surface area contributed by atoms with Crippen molar-refractivity contribution in [2.24, 2.45) is 5.92 Å². The number of carbonyl (C=O) groups excluding carboxylic acids is 1. The second kappa shape index (κ2) is 11.3. The molecule has 10 heteroatoms. The fourth-order valence-corrected chi connectivity index (χ4v) is 7.59. The molecule has 6 rings (SSSR count). The zero-order valence-electron chi connectivity index (χ0n) is 24.0. The summed E-state index contributed by atoms with van der Waals surface area (Å²) in [5, 5.41) is 13.3. The van der Waals surface area contributed by atoms with E-state index in [4.69, 9.17) is 4.98 Å². The summed E-state index contributed by atoms with van der Waals surface area (Å²) in [4.78, 5) is 31.6. The Labute approximate surface area is 240 Å². The zero-order chi connectivity index (χ0) is 27.8. The highest BCUT2D eigenvalue weighted by Crippen LogP contribution is 2.42. The molecular weight excluding hydrogens is 520 g/mol. The third kappa shape index (κ3) is 5.14. The summed E-state index contributed by atoms with van der Waals surface area (Å²) in [6.07, 6.45) is 10.5. The van der Waals surface area contributed by atoms with Crippen LogP contribution in [0.2, 0.25) is 0 Å². The molecule has 1 unspecified atom stereocenters. The molecular formula is C30H40N8OS. The molecule has 0 saturated carbocycles. The Bertz CT molecular complexity index is 1500. The van der Waals surface area contributed by atoms with Crippen molar-refractivity contribution in [3.05, 3.63) is 35.1 Å². The van der Waals surface area contributed by atoms with Gasteiger partial charge in [-0.15, -0.1) is 11.3 Å². The summed E-state index contributed by atoms with van der Waals surface area (Å²) in [6, 6.07) is 5.01. The number of anilines is 3. The molecule has 1 amide bonds. The molecule has 1 aromatic carbocycles. The van der Waals surface area contributed by atoms with Crippen LogP contribution in [0.15, 0.2) is 24.7 Å². The summed E-state index contributed by atoms with van der Waals surface area (Å²) in [5.74, 6) is 1.17. The lowest BCUT2D eigenvalue weighted by Crippen LogP contribution is -2.42. The Morgan fingerprint density at radius 3 is 2.77 bits per heavy atom.